The molecule has 0 amide bonds. The number of rotatable bonds is 3. The summed E-state index contributed by atoms with van der Waals surface area (Å²) in [5.41, 5.74) is 4.83. The van der Waals surface area contributed by atoms with Crippen LogP contribution in [0.3, 0.4) is 0 Å². The molecule has 4 aliphatic carbocycles. The van der Waals surface area contributed by atoms with Crippen molar-refractivity contribution in [2.75, 3.05) is 0 Å². The van der Waals surface area contributed by atoms with Gasteiger partial charge in [-0.3, -0.25) is 0 Å². The van der Waals surface area contributed by atoms with Gasteiger partial charge in [0.15, 0.2) is 0 Å². The first-order valence-corrected chi connectivity index (χ1v) is 11.3. The summed E-state index contributed by atoms with van der Waals surface area (Å²) in [7, 11) is 0. The molecule has 2 N–H and O–H groups in total. The van der Waals surface area contributed by atoms with Crippen LogP contribution in [0.2, 0.25) is 0 Å². The van der Waals surface area contributed by atoms with Crippen LogP contribution in [0, 0.1) is 31.1 Å². The molecule has 0 radical (unpaired) electrons. The third-order valence-electron chi connectivity index (χ3n) is 8.79. The number of hydrogen-bond donors (Lipinski definition) is 2. The predicted molar refractivity (Wildman–Crippen MR) is 118 cm³/mol. The molecule has 2 atom stereocenters. The average molecular weight is 391 g/mol. The summed E-state index contributed by atoms with van der Waals surface area (Å²) in [6.07, 6.45) is 7.02. The van der Waals surface area contributed by atoms with Crippen LogP contribution in [-0.4, -0.2) is 10.2 Å². The fraction of sp³-hybridized carbons (Fsp3) is 0.556. The first kappa shape index (κ1) is 19.0. The van der Waals surface area contributed by atoms with Gasteiger partial charge in [0, 0.05) is 22.0 Å². The Hall–Kier alpha value is -1.96. The number of phenols is 2. The van der Waals surface area contributed by atoms with Gasteiger partial charge in [0.05, 0.1) is 0 Å². The van der Waals surface area contributed by atoms with Gasteiger partial charge < -0.3 is 10.2 Å². The lowest BCUT2D eigenvalue weighted by Crippen LogP contribution is -2.61. The first-order valence-electron chi connectivity index (χ1n) is 11.3. The Morgan fingerprint density at radius 3 is 1.66 bits per heavy atom. The van der Waals surface area contributed by atoms with E-state index in [9.17, 15) is 10.2 Å². The second kappa shape index (κ2) is 6.03. The summed E-state index contributed by atoms with van der Waals surface area (Å²) in [5, 5.41) is 21.9. The van der Waals surface area contributed by atoms with E-state index in [1.165, 1.54) is 32.1 Å². The lowest BCUT2D eigenvalue weighted by atomic mass is 9.36. The summed E-state index contributed by atoms with van der Waals surface area (Å²) in [4.78, 5) is 0. The molecule has 0 aromatic heterocycles. The van der Waals surface area contributed by atoms with Gasteiger partial charge in [0.25, 0.3) is 0 Å². The second-order valence-corrected chi connectivity index (χ2v) is 11.1. The van der Waals surface area contributed by atoms with Crippen molar-refractivity contribution in [2.24, 2.45) is 17.3 Å². The standard InChI is InChI=1S/C27H34O2/c1-17(2)25-11-20-12-26(14-25,21-7-5-18(3)9-23(21)28)16-27(13-20,15-25)22-8-6-19(4)10-24(22)29/h5-10,17,20,28-29H,11-16H2,1-4H3. The van der Waals surface area contributed by atoms with Gasteiger partial charge in [-0.1, -0.05) is 38.1 Å². The topological polar surface area (TPSA) is 40.5 Å². The zero-order chi connectivity index (χ0) is 20.6. The third-order valence-corrected chi connectivity index (χ3v) is 8.79. The van der Waals surface area contributed by atoms with E-state index in [-0.39, 0.29) is 16.2 Å². The van der Waals surface area contributed by atoms with Crippen molar-refractivity contribution in [1.82, 2.24) is 0 Å². The molecule has 0 saturated heterocycles. The monoisotopic (exact) mass is 390 g/mol. The van der Waals surface area contributed by atoms with E-state index in [0.29, 0.717) is 23.3 Å². The third kappa shape index (κ3) is 2.67. The molecule has 4 fully saturated rings. The van der Waals surface area contributed by atoms with E-state index in [2.05, 4.69) is 38.1 Å². The minimum atomic E-state index is 0.0127. The molecule has 0 heterocycles. The molecule has 4 bridgehead atoms. The fourth-order valence-corrected chi connectivity index (χ4v) is 7.94. The van der Waals surface area contributed by atoms with Gasteiger partial charge in [0.1, 0.15) is 11.5 Å². The van der Waals surface area contributed by atoms with E-state index in [1.807, 2.05) is 26.0 Å². The first-order chi connectivity index (χ1) is 13.7. The van der Waals surface area contributed by atoms with Gasteiger partial charge in [-0.25, -0.2) is 0 Å². The van der Waals surface area contributed by atoms with E-state index >= 15 is 0 Å². The number of phenolic OH excluding ortho intramolecular Hbond substituents is 2. The highest BCUT2D eigenvalue weighted by Crippen LogP contribution is 2.73. The van der Waals surface area contributed by atoms with Crippen molar-refractivity contribution in [2.45, 2.75) is 77.0 Å². The van der Waals surface area contributed by atoms with Gasteiger partial charge in [0.2, 0.25) is 0 Å². The number of aromatic hydroxyl groups is 2. The molecule has 0 spiro atoms. The van der Waals surface area contributed by atoms with E-state index in [4.69, 9.17) is 0 Å². The molecule has 4 aliphatic rings. The summed E-state index contributed by atoms with van der Waals surface area (Å²) in [5.74, 6) is 2.20. The normalized spacial score (nSPS) is 35.4. The molecule has 2 aromatic rings. The van der Waals surface area contributed by atoms with Gasteiger partial charge in [-0.15, -0.1) is 0 Å². The van der Waals surface area contributed by atoms with Crippen molar-refractivity contribution in [1.29, 1.82) is 0 Å². The van der Waals surface area contributed by atoms with Gasteiger partial charge in [-0.2, -0.15) is 0 Å². The Kier molecular flexibility index (Phi) is 3.96. The quantitative estimate of drug-likeness (QED) is 0.625. The van der Waals surface area contributed by atoms with Crippen molar-refractivity contribution in [3.8, 4) is 11.5 Å². The zero-order valence-corrected chi connectivity index (χ0v) is 18.3. The fourth-order valence-electron chi connectivity index (χ4n) is 7.94. The Labute approximate surface area is 175 Å². The second-order valence-electron chi connectivity index (χ2n) is 11.1. The van der Waals surface area contributed by atoms with Crippen molar-refractivity contribution in [3.63, 3.8) is 0 Å². The van der Waals surface area contributed by atoms with Crippen molar-refractivity contribution < 1.29 is 10.2 Å². The minimum absolute atomic E-state index is 0.0127. The Bertz CT molecular complexity index is 905. The summed E-state index contributed by atoms with van der Waals surface area (Å²) in [6, 6.07) is 12.6. The van der Waals surface area contributed by atoms with Gasteiger partial charge >= 0.3 is 0 Å². The maximum absolute atomic E-state index is 11.0. The van der Waals surface area contributed by atoms with E-state index in [1.54, 1.807) is 0 Å². The summed E-state index contributed by atoms with van der Waals surface area (Å²) in [6.45, 7) is 8.87. The molecule has 2 unspecified atom stereocenters. The molecule has 2 aromatic carbocycles. The average Bonchev–Trinajstić information content (AvgIpc) is 2.59. The predicted octanol–water partition coefficient (Wildman–Crippen LogP) is 6.53. The van der Waals surface area contributed by atoms with Crippen LogP contribution in [-0.2, 0) is 10.8 Å². The summed E-state index contributed by atoms with van der Waals surface area (Å²) < 4.78 is 0. The molecule has 29 heavy (non-hydrogen) atoms. The number of aryl methyl sites for hydroxylation is 2. The molecule has 2 nitrogen and oxygen atoms in total. The lowest BCUT2D eigenvalue weighted by molar-refractivity contribution is -0.113. The number of hydrogen-bond acceptors (Lipinski definition) is 2. The Morgan fingerprint density at radius 2 is 1.24 bits per heavy atom. The highest BCUT2D eigenvalue weighted by molar-refractivity contribution is 5.49. The SMILES string of the molecule is Cc1ccc(C23CC4CC(c5ccc(C)cc5O)(C2)CC(C(C)C)(C4)C3)c(O)c1. The maximum atomic E-state index is 11.0. The smallest absolute Gasteiger partial charge is 0.119 e. The molecule has 4 saturated carbocycles. The van der Waals surface area contributed by atoms with Gasteiger partial charge in [-0.05, 0) is 92.9 Å². The molecule has 6 rings (SSSR count). The van der Waals surface area contributed by atoms with Crippen molar-refractivity contribution >= 4 is 0 Å². The van der Waals surface area contributed by atoms with Crippen LogP contribution in [0.15, 0.2) is 36.4 Å². The Balaban J connectivity index is 1.71. The largest absolute Gasteiger partial charge is 0.508 e. The van der Waals surface area contributed by atoms with Crippen LogP contribution in [0.5, 0.6) is 11.5 Å². The molecule has 154 valence electrons. The van der Waals surface area contributed by atoms with Crippen LogP contribution in [0.25, 0.3) is 0 Å². The van der Waals surface area contributed by atoms with Crippen molar-refractivity contribution in [3.05, 3.63) is 58.7 Å². The van der Waals surface area contributed by atoms with Crippen LogP contribution < -0.4 is 0 Å². The highest BCUT2D eigenvalue weighted by Gasteiger charge is 2.65. The van der Waals surface area contributed by atoms with Crippen LogP contribution in [0.1, 0.15) is 74.6 Å². The lowest BCUT2D eigenvalue weighted by Gasteiger charge is -2.68. The van der Waals surface area contributed by atoms with Crippen LogP contribution >= 0.6 is 0 Å². The highest BCUT2D eigenvalue weighted by atomic mass is 16.3. The molecular formula is C27H34O2. The van der Waals surface area contributed by atoms with E-state index < -0.39 is 0 Å². The zero-order valence-electron chi connectivity index (χ0n) is 18.3. The molecule has 2 heteroatoms. The van der Waals surface area contributed by atoms with Crippen LogP contribution in [0.4, 0.5) is 0 Å². The summed E-state index contributed by atoms with van der Waals surface area (Å²) >= 11 is 0. The Morgan fingerprint density at radius 1 is 0.759 bits per heavy atom. The molecular weight excluding hydrogens is 356 g/mol. The number of benzene rings is 2. The molecule has 0 aliphatic heterocycles. The maximum Gasteiger partial charge on any atom is 0.119 e. The minimum Gasteiger partial charge on any atom is -0.508 e. The van der Waals surface area contributed by atoms with E-state index in [0.717, 1.165) is 28.7 Å².